The Balaban J connectivity index is 0. The fourth-order valence-corrected chi connectivity index (χ4v) is 2.71. The molecule has 0 spiro atoms. The average molecular weight is 277 g/mol. The van der Waals surface area contributed by atoms with Crippen LogP contribution in [-0.2, 0) is 9.15 Å². The molecule has 0 aromatic carbocycles. The smallest absolute Gasteiger partial charge is 0.739 e. The molecule has 0 atom stereocenters. The molecule has 0 radical (unpaired) electrons. The van der Waals surface area contributed by atoms with Gasteiger partial charge in [-0.05, 0) is 44.3 Å². The summed E-state index contributed by atoms with van der Waals surface area (Å²) in [6.45, 7) is 1.10. The van der Waals surface area contributed by atoms with Gasteiger partial charge in [0, 0.05) is 5.75 Å². The Morgan fingerprint density at radius 1 is 1.06 bits per heavy atom. The first kappa shape index (κ1) is 19.6. The Bertz CT molecular complexity index is 245. The van der Waals surface area contributed by atoms with Crippen molar-refractivity contribution in [3.63, 3.8) is 0 Å². The van der Waals surface area contributed by atoms with Crippen LogP contribution in [0.25, 0.3) is 0 Å². The Morgan fingerprint density at radius 2 is 1.56 bits per heavy atom. The minimum atomic E-state index is -4.07. The third-order valence-electron chi connectivity index (χ3n) is 1.98. The molecule has 0 N–H and O–H groups in total. The van der Waals surface area contributed by atoms with E-state index >= 15 is 0 Å². The van der Waals surface area contributed by atoms with Crippen LogP contribution in [0.2, 0.25) is 0 Å². The molecule has 0 fully saturated rings. The Hall–Kier alpha value is 1.22. The van der Waals surface area contributed by atoms with Gasteiger partial charge in [-0.1, -0.05) is 19.3 Å². The number of hydrogen-bond donors (Lipinski definition) is 0. The van der Waals surface area contributed by atoms with Gasteiger partial charge in [-0.15, -0.1) is 0 Å². The molecule has 16 heavy (non-hydrogen) atoms. The maximum absolute atomic E-state index is 10.2. The second kappa shape index (κ2) is 11.3. The molecule has 0 aliphatic heterocycles. The van der Waals surface area contributed by atoms with Gasteiger partial charge in [-0.2, -0.15) is 0 Å². The van der Waals surface area contributed by atoms with Crippen molar-refractivity contribution in [2.75, 3.05) is 26.4 Å². The second-order valence-electron chi connectivity index (χ2n) is 3.80. The van der Waals surface area contributed by atoms with E-state index < -0.39 is 9.15 Å². The quantitative estimate of drug-likeness (QED) is 0.227. The van der Waals surface area contributed by atoms with Gasteiger partial charge in [0.2, 0.25) is 0 Å². The minimum Gasteiger partial charge on any atom is -0.739 e. The van der Waals surface area contributed by atoms with E-state index in [-0.39, 0.29) is 29.6 Å². The van der Waals surface area contributed by atoms with Crippen molar-refractivity contribution in [2.45, 2.75) is 32.1 Å². The van der Waals surface area contributed by atoms with Crippen molar-refractivity contribution in [3.8, 4) is 0 Å². The minimum absolute atomic E-state index is 0. The molecule has 7 heteroatoms. The molecule has 0 heterocycles. The molecule has 0 aromatic rings. The summed E-state index contributed by atoms with van der Waals surface area (Å²) >= 11 is 0. The third-order valence-corrected chi connectivity index (χ3v) is 4.09. The molecule has 4 nitrogen and oxygen atoms in total. The van der Waals surface area contributed by atoms with Crippen molar-refractivity contribution in [1.29, 1.82) is 0 Å². The van der Waals surface area contributed by atoms with Gasteiger partial charge in [0.25, 0.3) is 0 Å². The van der Waals surface area contributed by atoms with Crippen molar-refractivity contribution in [1.82, 2.24) is 4.90 Å². The average Bonchev–Trinajstić information content (AvgIpc) is 2.07. The second-order valence-corrected chi connectivity index (χ2v) is 7.19. The summed E-state index contributed by atoms with van der Waals surface area (Å²) in [6.07, 6.45) is 5.30. The van der Waals surface area contributed by atoms with Gasteiger partial charge in [0.05, 0.1) is 0 Å². The number of unbranched alkanes of at least 4 members (excludes halogenated alkanes) is 4. The van der Waals surface area contributed by atoms with Gasteiger partial charge in [-0.25, -0.2) is 8.42 Å². The zero-order chi connectivity index (χ0) is 11.7. The first-order valence-corrected chi connectivity index (χ1v) is 8.08. The van der Waals surface area contributed by atoms with Gasteiger partial charge in [-0.3, -0.25) is 0 Å². The predicted octanol–water partition coefficient (Wildman–Crippen LogP) is -1.30. The van der Waals surface area contributed by atoms with Crippen molar-refractivity contribution in [3.05, 3.63) is 0 Å². The summed E-state index contributed by atoms with van der Waals surface area (Å²) in [5.74, 6) is 0.430. The molecule has 0 saturated carbocycles. The molecule has 0 rings (SSSR count). The normalized spacial score (nSPS) is 11.5. The van der Waals surface area contributed by atoms with Crippen LogP contribution in [0.3, 0.4) is 0 Å². The first-order chi connectivity index (χ1) is 6.92. The molecule has 0 amide bonds. The fraction of sp³-hybridized carbons (Fsp3) is 1.00. The maximum Gasteiger partial charge on any atom is 1.00 e. The van der Waals surface area contributed by atoms with Crippen LogP contribution in [0.5, 0.6) is 0 Å². The van der Waals surface area contributed by atoms with E-state index in [4.69, 9.17) is 0 Å². The molecular formula is C9H20NNaO3S2. The molecule has 0 aliphatic carbocycles. The van der Waals surface area contributed by atoms with Gasteiger partial charge in [0.1, 0.15) is 9.15 Å². The molecule has 0 saturated heterocycles. The number of nitrogens with zero attached hydrogens (tertiary/aromatic N) is 1. The number of rotatable bonds is 9. The van der Waals surface area contributed by atoms with Crippen LogP contribution < -0.4 is 29.6 Å². The van der Waals surface area contributed by atoms with Crippen molar-refractivity contribution >= 4 is 19.9 Å². The standard InChI is InChI=1S/C9H21NO3S2.Na/c1-10(2)8-6-4-3-5-7-9-14-15(11,12)13;/h3-9H2,1-2H3,(H,11,12,13);/q;+1/p-1. The summed E-state index contributed by atoms with van der Waals surface area (Å²) in [4.78, 5) is 2.15. The monoisotopic (exact) mass is 277 g/mol. The molecule has 0 aromatic heterocycles. The zero-order valence-electron chi connectivity index (χ0n) is 10.4. The molecule has 0 aliphatic rings. The Labute approximate surface area is 125 Å². The SMILES string of the molecule is CN(C)CCCCCCCSS(=O)(=O)[O-].[Na+]. The van der Waals surface area contributed by atoms with Gasteiger partial charge in [0.15, 0.2) is 0 Å². The van der Waals surface area contributed by atoms with Crippen molar-refractivity contribution in [2.24, 2.45) is 0 Å². The van der Waals surface area contributed by atoms with Crippen LogP contribution in [0.15, 0.2) is 0 Å². The van der Waals surface area contributed by atoms with Gasteiger partial charge < -0.3 is 9.45 Å². The summed E-state index contributed by atoms with van der Waals surface area (Å²) in [5.41, 5.74) is 0. The van der Waals surface area contributed by atoms with Crippen LogP contribution in [0.1, 0.15) is 32.1 Å². The first-order valence-electron chi connectivity index (χ1n) is 5.17. The largest absolute Gasteiger partial charge is 1.00 e. The fourth-order valence-electron chi connectivity index (χ4n) is 1.22. The van der Waals surface area contributed by atoms with Gasteiger partial charge >= 0.3 is 29.6 Å². The third kappa shape index (κ3) is 17.6. The molecular weight excluding hydrogens is 257 g/mol. The van der Waals surface area contributed by atoms with Crippen LogP contribution >= 0.6 is 10.8 Å². The van der Waals surface area contributed by atoms with Crippen LogP contribution in [0.4, 0.5) is 0 Å². The van der Waals surface area contributed by atoms with E-state index in [2.05, 4.69) is 19.0 Å². The Kier molecular flexibility index (Phi) is 13.8. The predicted molar refractivity (Wildman–Crippen MR) is 63.8 cm³/mol. The Morgan fingerprint density at radius 3 is 2.06 bits per heavy atom. The van der Waals surface area contributed by atoms with E-state index in [9.17, 15) is 13.0 Å². The summed E-state index contributed by atoms with van der Waals surface area (Å²) < 4.78 is 30.7. The maximum atomic E-state index is 10.2. The summed E-state index contributed by atoms with van der Waals surface area (Å²) in [7, 11) is 0.541. The molecule has 0 unspecified atom stereocenters. The van der Waals surface area contributed by atoms with E-state index in [1.165, 1.54) is 12.8 Å². The van der Waals surface area contributed by atoms with E-state index in [0.29, 0.717) is 16.5 Å². The zero-order valence-corrected chi connectivity index (χ0v) is 14.1. The summed E-state index contributed by atoms with van der Waals surface area (Å²) in [5, 5.41) is 0. The van der Waals surface area contributed by atoms with E-state index in [0.717, 1.165) is 25.8 Å². The van der Waals surface area contributed by atoms with E-state index in [1.807, 2.05) is 0 Å². The van der Waals surface area contributed by atoms with Crippen LogP contribution in [-0.4, -0.2) is 44.3 Å². The topological polar surface area (TPSA) is 60.4 Å². The summed E-state index contributed by atoms with van der Waals surface area (Å²) in [6, 6.07) is 0. The van der Waals surface area contributed by atoms with E-state index in [1.54, 1.807) is 0 Å². The molecule has 92 valence electrons. The molecule has 0 bridgehead atoms. The van der Waals surface area contributed by atoms with Crippen molar-refractivity contribution < 1.29 is 42.5 Å². The number of hydrogen-bond acceptors (Lipinski definition) is 5. The van der Waals surface area contributed by atoms with Crippen LogP contribution in [0, 0.1) is 0 Å².